The van der Waals surface area contributed by atoms with Gasteiger partial charge in [-0.2, -0.15) is 0 Å². The molecule has 2 nitrogen and oxygen atoms in total. The van der Waals surface area contributed by atoms with Gasteiger partial charge < -0.3 is 5.73 Å². The van der Waals surface area contributed by atoms with E-state index in [-0.39, 0.29) is 22.4 Å². The van der Waals surface area contributed by atoms with Crippen LogP contribution in [0, 0.1) is 0 Å². The summed E-state index contributed by atoms with van der Waals surface area (Å²) in [6.07, 6.45) is 0.250. The Kier molecular flexibility index (Phi) is 27.9. The van der Waals surface area contributed by atoms with Crippen molar-refractivity contribution >= 4 is 48.2 Å². The molecule has 0 aliphatic heterocycles. The van der Waals surface area contributed by atoms with Gasteiger partial charge in [0.25, 0.3) is 0 Å². The summed E-state index contributed by atoms with van der Waals surface area (Å²) in [4.78, 5) is 8.58. The van der Waals surface area contributed by atoms with Gasteiger partial charge in [0, 0.05) is 0 Å². The summed E-state index contributed by atoms with van der Waals surface area (Å²) in [6.45, 7) is 0. The smallest absolute Gasteiger partial charge is 0.372 e. The topological polar surface area (TPSA) is 43.1 Å². The minimum Gasteiger partial charge on any atom is -0.372 e. The molecule has 0 aliphatic rings. The van der Waals surface area contributed by atoms with E-state index >= 15 is 0 Å². The van der Waals surface area contributed by atoms with Gasteiger partial charge in [-0.3, -0.25) is 30.6 Å². The molecule has 0 unspecified atom stereocenters. The van der Waals surface area contributed by atoms with Crippen molar-refractivity contribution in [2.24, 2.45) is 5.73 Å². The number of carbonyl (C=O) groups is 1. The van der Waals surface area contributed by atoms with Crippen molar-refractivity contribution in [2.75, 3.05) is 0 Å². The van der Waals surface area contributed by atoms with Gasteiger partial charge in [0.2, 0.25) is 6.41 Å². The number of amides is 1. The first-order chi connectivity index (χ1) is 2.83. The van der Waals surface area contributed by atoms with Crippen LogP contribution < -0.4 is 5.73 Å². The van der Waals surface area contributed by atoms with E-state index in [1.807, 2.05) is 0 Å². The molecule has 0 fully saturated rings. The van der Waals surface area contributed by atoms with Gasteiger partial charge in [-0.15, -0.1) is 0 Å². The lowest BCUT2D eigenvalue weighted by Crippen LogP contribution is -1.82. The number of halogens is 2. The summed E-state index contributed by atoms with van der Waals surface area (Å²) < 4.78 is 0. The summed E-state index contributed by atoms with van der Waals surface area (Å²) in [5.74, 6) is 0. The Balaban J connectivity index is 0. The molecule has 0 aliphatic carbocycles. The van der Waals surface area contributed by atoms with Crippen LogP contribution in [0.15, 0.2) is 0 Å². The Hall–Kier alpha value is 1.20. The second-order valence-corrected chi connectivity index (χ2v) is 8.32. The maximum Gasteiger partial charge on any atom is 0.560 e. The van der Waals surface area contributed by atoms with Crippen molar-refractivity contribution in [1.82, 2.24) is 0 Å². The third kappa shape index (κ3) is 63.9. The first-order valence-electron chi connectivity index (χ1n) is 1.10. The Morgan fingerprint density at radius 3 is 1.67 bits per heavy atom. The lowest BCUT2D eigenvalue weighted by atomic mass is 11.5. The van der Waals surface area contributed by atoms with Crippen LogP contribution in [0.3, 0.4) is 0 Å². The van der Waals surface area contributed by atoms with Crippen molar-refractivity contribution in [3.05, 3.63) is 0 Å². The third-order valence-electron chi connectivity index (χ3n) is 0. The predicted octanol–water partition coefficient (Wildman–Crippen LogP) is 0.412. The van der Waals surface area contributed by atoms with E-state index in [1.54, 1.807) is 0 Å². The monoisotopic (exact) mass is 227 g/mol. The molecule has 0 saturated heterocycles. The zero-order chi connectivity index (χ0) is 5.41. The van der Waals surface area contributed by atoms with E-state index in [2.05, 4.69) is 31.5 Å². The number of nitrogens with two attached hydrogens (primary N) is 1. The molecule has 6 heavy (non-hydrogen) atoms. The first kappa shape index (κ1) is 10.2. The Labute approximate surface area is 58.3 Å². The maximum atomic E-state index is 8.58. The fraction of sp³-hybridized carbons (Fsp3) is 0. The van der Waals surface area contributed by atoms with Gasteiger partial charge in [-0.05, 0) is 0 Å². The fourth-order valence-corrected chi connectivity index (χ4v) is 0. The van der Waals surface area contributed by atoms with E-state index in [9.17, 15) is 0 Å². The third-order valence-corrected chi connectivity index (χ3v) is 0. The SMILES string of the molecule is NC=O.[Br][Mg][Br]. The highest BCUT2D eigenvalue weighted by Gasteiger charge is 1.62. The molecule has 0 aromatic heterocycles. The molecule has 0 saturated carbocycles. The molecule has 0 rings (SSSR count). The second-order valence-electron chi connectivity index (χ2n) is 0.237. The highest BCUT2D eigenvalue weighted by atomic mass is 79.9. The summed E-state index contributed by atoms with van der Waals surface area (Å²) in [5.41, 5.74) is 4.17. The molecular weight excluding hydrogens is 226 g/mol. The Bertz CT molecular complexity index is 27.5. The quantitative estimate of drug-likeness (QED) is 0.474. The number of hydrogen-bond acceptors (Lipinski definition) is 1. The summed E-state index contributed by atoms with van der Waals surface area (Å²) >= 11 is 6.44. The highest BCUT2D eigenvalue weighted by molar-refractivity contribution is 9.47. The van der Waals surface area contributed by atoms with Crippen molar-refractivity contribution in [1.29, 1.82) is 0 Å². The highest BCUT2D eigenvalue weighted by Crippen LogP contribution is 1.77. The molecule has 0 aromatic carbocycles. The van der Waals surface area contributed by atoms with Crippen LogP contribution in [0.4, 0.5) is 0 Å². The Morgan fingerprint density at radius 2 is 1.67 bits per heavy atom. The summed E-state index contributed by atoms with van der Waals surface area (Å²) in [7, 11) is 0. The average Bonchev–Trinajstić information content (AvgIpc) is 1.39. The Morgan fingerprint density at radius 1 is 1.67 bits per heavy atom. The van der Waals surface area contributed by atoms with Gasteiger partial charge in [0.05, 0.1) is 0 Å². The molecule has 0 radical (unpaired) electrons. The zero-order valence-electron chi connectivity index (χ0n) is 3.03. The standard InChI is InChI=1S/CH3NO.2BrH.Mg/c2-1-3;;;/h1H,(H2,2,3);2*1H;/q;;;+2/p-2. The zero-order valence-corrected chi connectivity index (χ0v) is 7.61. The van der Waals surface area contributed by atoms with E-state index in [1.165, 1.54) is 0 Å². The molecule has 5 heteroatoms. The lowest BCUT2D eigenvalue weighted by Gasteiger charge is -1.33. The van der Waals surface area contributed by atoms with Crippen molar-refractivity contribution < 1.29 is 4.79 Å². The normalized spacial score (nSPS) is 3.67. The minimum atomic E-state index is 0.0417. The average molecular weight is 229 g/mol. The van der Waals surface area contributed by atoms with Crippen LogP contribution in [-0.4, -0.2) is 22.4 Å². The molecule has 0 atom stereocenters. The van der Waals surface area contributed by atoms with Crippen LogP contribution in [-0.2, 0) is 4.79 Å². The van der Waals surface area contributed by atoms with Gasteiger partial charge in [-0.25, -0.2) is 0 Å². The number of primary amides is 1. The van der Waals surface area contributed by atoms with E-state index in [0.717, 1.165) is 0 Å². The summed E-state index contributed by atoms with van der Waals surface area (Å²) in [5, 5.41) is 0. The van der Waals surface area contributed by atoms with Crippen molar-refractivity contribution in [3.63, 3.8) is 0 Å². The van der Waals surface area contributed by atoms with E-state index in [0.29, 0.717) is 0 Å². The molecule has 1 amide bonds. The minimum absolute atomic E-state index is 0.0417. The van der Waals surface area contributed by atoms with Crippen LogP contribution >= 0.6 is 25.8 Å². The molecule has 0 bridgehead atoms. The molecule has 0 aromatic rings. The maximum absolute atomic E-state index is 8.58. The van der Waals surface area contributed by atoms with Crippen LogP contribution in [0.2, 0.25) is 0 Å². The lowest BCUT2D eigenvalue weighted by molar-refractivity contribution is -0.106. The molecule has 0 spiro atoms. The van der Waals surface area contributed by atoms with Crippen molar-refractivity contribution in [3.8, 4) is 0 Å². The second kappa shape index (κ2) is 16.4. The van der Waals surface area contributed by atoms with Crippen LogP contribution in [0.5, 0.6) is 0 Å². The first-order valence-corrected chi connectivity index (χ1v) is 8.90. The van der Waals surface area contributed by atoms with E-state index < -0.39 is 0 Å². The number of rotatable bonds is 0. The van der Waals surface area contributed by atoms with Gasteiger partial charge in [0.1, 0.15) is 0 Å². The fourth-order valence-electron chi connectivity index (χ4n) is 0. The van der Waals surface area contributed by atoms with Gasteiger partial charge in [-0.1, -0.05) is 0 Å². The van der Waals surface area contributed by atoms with Crippen LogP contribution in [0.1, 0.15) is 0 Å². The molecule has 0 heterocycles. The molecule has 34 valence electrons. The number of carbonyl (C=O) groups excluding carboxylic acids is 1. The van der Waals surface area contributed by atoms with Gasteiger partial charge in [0.15, 0.2) is 0 Å². The molecular formula is CH3Br2MgNO. The largest absolute Gasteiger partial charge is 0.560 e. The summed E-state index contributed by atoms with van der Waals surface area (Å²) in [6, 6.07) is 0. The number of hydrogen-bond donors (Lipinski definition) is 1. The van der Waals surface area contributed by atoms with Crippen LogP contribution in [0.25, 0.3) is 0 Å². The van der Waals surface area contributed by atoms with Gasteiger partial charge >= 0.3 is 16.0 Å². The van der Waals surface area contributed by atoms with E-state index in [4.69, 9.17) is 4.79 Å². The van der Waals surface area contributed by atoms with Crippen molar-refractivity contribution in [2.45, 2.75) is 0 Å². The molecule has 2 N–H and O–H groups in total. The predicted molar refractivity (Wildman–Crippen MR) is 33.9 cm³/mol.